The molecule has 3 heteroatoms. The molecule has 0 heterocycles. The Kier molecular flexibility index (Phi) is 3.93. The van der Waals surface area contributed by atoms with Gasteiger partial charge in [-0.2, -0.15) is 0 Å². The molecule has 2 rings (SSSR count). The Morgan fingerprint density at radius 1 is 1.28 bits per heavy atom. The van der Waals surface area contributed by atoms with E-state index in [0.717, 1.165) is 18.7 Å². The van der Waals surface area contributed by atoms with E-state index in [-0.39, 0.29) is 5.41 Å². The monoisotopic (exact) mass is 249 g/mol. The third-order valence-electron chi connectivity index (χ3n) is 4.19. The summed E-state index contributed by atoms with van der Waals surface area (Å²) < 4.78 is 10.8. The van der Waals surface area contributed by atoms with Gasteiger partial charge in [-0.05, 0) is 12.5 Å². The Labute approximate surface area is 109 Å². The van der Waals surface area contributed by atoms with Crippen molar-refractivity contribution in [2.45, 2.75) is 39.0 Å². The fourth-order valence-corrected chi connectivity index (χ4v) is 2.71. The van der Waals surface area contributed by atoms with Gasteiger partial charge in [0.2, 0.25) is 0 Å². The standard InChI is InChI=1S/C15H23NO2/c1-15(2)13(9-14(15)18-4)16-10-11-7-5-6-8-12(11)17-3/h5-8,13-14,16H,9-10H2,1-4H3. The molecule has 0 amide bonds. The van der Waals surface area contributed by atoms with Crippen molar-refractivity contribution >= 4 is 0 Å². The first kappa shape index (κ1) is 13.4. The van der Waals surface area contributed by atoms with Gasteiger partial charge in [0.05, 0.1) is 13.2 Å². The molecular weight excluding hydrogens is 226 g/mol. The first-order chi connectivity index (χ1) is 8.59. The van der Waals surface area contributed by atoms with E-state index < -0.39 is 0 Å². The minimum atomic E-state index is 0.205. The summed E-state index contributed by atoms with van der Waals surface area (Å²) >= 11 is 0. The normalized spacial score (nSPS) is 25.6. The highest BCUT2D eigenvalue weighted by atomic mass is 16.5. The highest BCUT2D eigenvalue weighted by Crippen LogP contribution is 2.42. The van der Waals surface area contributed by atoms with Gasteiger partial charge >= 0.3 is 0 Å². The molecule has 1 aromatic rings. The molecule has 1 aliphatic rings. The SMILES string of the molecule is COc1ccccc1CNC1CC(OC)C1(C)C. The van der Waals surface area contributed by atoms with Crippen molar-refractivity contribution in [3.05, 3.63) is 29.8 Å². The Morgan fingerprint density at radius 2 is 2.00 bits per heavy atom. The van der Waals surface area contributed by atoms with Crippen molar-refractivity contribution < 1.29 is 9.47 Å². The zero-order valence-corrected chi connectivity index (χ0v) is 11.7. The van der Waals surface area contributed by atoms with Crippen molar-refractivity contribution in [2.24, 2.45) is 5.41 Å². The van der Waals surface area contributed by atoms with Crippen molar-refractivity contribution in [2.75, 3.05) is 14.2 Å². The van der Waals surface area contributed by atoms with E-state index in [1.54, 1.807) is 14.2 Å². The number of methoxy groups -OCH3 is 2. The Hall–Kier alpha value is -1.06. The number of rotatable bonds is 5. The van der Waals surface area contributed by atoms with Crippen LogP contribution >= 0.6 is 0 Å². The molecule has 0 saturated heterocycles. The van der Waals surface area contributed by atoms with Crippen LogP contribution in [-0.4, -0.2) is 26.4 Å². The highest BCUT2D eigenvalue weighted by molar-refractivity contribution is 5.33. The van der Waals surface area contributed by atoms with Crippen LogP contribution in [0, 0.1) is 5.41 Å². The Bertz CT molecular complexity index is 403. The molecule has 2 atom stereocenters. The van der Waals surface area contributed by atoms with Crippen LogP contribution in [0.5, 0.6) is 5.75 Å². The lowest BCUT2D eigenvalue weighted by Gasteiger charge is -2.51. The third kappa shape index (κ3) is 2.38. The van der Waals surface area contributed by atoms with Crippen LogP contribution in [0.3, 0.4) is 0 Å². The summed E-state index contributed by atoms with van der Waals surface area (Å²) in [7, 11) is 3.51. The summed E-state index contributed by atoms with van der Waals surface area (Å²) in [4.78, 5) is 0. The maximum Gasteiger partial charge on any atom is 0.123 e. The Morgan fingerprint density at radius 3 is 2.61 bits per heavy atom. The number of hydrogen-bond donors (Lipinski definition) is 1. The Balaban J connectivity index is 1.93. The van der Waals surface area contributed by atoms with Crippen LogP contribution < -0.4 is 10.1 Å². The van der Waals surface area contributed by atoms with Crippen LogP contribution in [0.1, 0.15) is 25.8 Å². The molecule has 0 spiro atoms. The van der Waals surface area contributed by atoms with E-state index in [1.165, 1.54) is 5.56 Å². The first-order valence-electron chi connectivity index (χ1n) is 6.47. The van der Waals surface area contributed by atoms with Crippen molar-refractivity contribution in [3.8, 4) is 5.75 Å². The van der Waals surface area contributed by atoms with Gasteiger partial charge in [0.25, 0.3) is 0 Å². The molecule has 1 N–H and O–H groups in total. The average molecular weight is 249 g/mol. The molecule has 0 bridgehead atoms. The van der Waals surface area contributed by atoms with Gasteiger partial charge in [0, 0.05) is 30.7 Å². The third-order valence-corrected chi connectivity index (χ3v) is 4.19. The molecule has 100 valence electrons. The lowest BCUT2D eigenvalue weighted by atomic mass is 9.64. The van der Waals surface area contributed by atoms with E-state index in [1.807, 2.05) is 18.2 Å². The summed E-state index contributed by atoms with van der Waals surface area (Å²) in [6.45, 7) is 5.35. The zero-order chi connectivity index (χ0) is 13.2. The highest BCUT2D eigenvalue weighted by Gasteiger charge is 2.48. The van der Waals surface area contributed by atoms with E-state index in [2.05, 4.69) is 25.2 Å². The molecule has 0 aliphatic heterocycles. The van der Waals surface area contributed by atoms with Crippen molar-refractivity contribution in [1.82, 2.24) is 5.32 Å². The maximum absolute atomic E-state index is 5.46. The van der Waals surface area contributed by atoms with E-state index in [4.69, 9.17) is 9.47 Å². The van der Waals surface area contributed by atoms with E-state index in [9.17, 15) is 0 Å². The zero-order valence-electron chi connectivity index (χ0n) is 11.7. The van der Waals surface area contributed by atoms with Crippen LogP contribution in [-0.2, 0) is 11.3 Å². The van der Waals surface area contributed by atoms with Gasteiger partial charge in [-0.3, -0.25) is 0 Å². The molecular formula is C15H23NO2. The van der Waals surface area contributed by atoms with Gasteiger partial charge in [-0.1, -0.05) is 32.0 Å². The second-order valence-electron chi connectivity index (χ2n) is 5.53. The van der Waals surface area contributed by atoms with Crippen LogP contribution in [0.4, 0.5) is 0 Å². The molecule has 2 unspecified atom stereocenters. The first-order valence-corrected chi connectivity index (χ1v) is 6.47. The predicted octanol–water partition coefficient (Wildman–Crippen LogP) is 2.60. The fourth-order valence-electron chi connectivity index (χ4n) is 2.71. The van der Waals surface area contributed by atoms with Gasteiger partial charge in [0.1, 0.15) is 5.75 Å². The minimum absolute atomic E-state index is 0.205. The number of ether oxygens (including phenoxy) is 2. The van der Waals surface area contributed by atoms with Gasteiger partial charge in [0.15, 0.2) is 0 Å². The number of nitrogens with one attached hydrogen (secondary N) is 1. The molecule has 0 radical (unpaired) electrons. The maximum atomic E-state index is 5.46. The molecule has 18 heavy (non-hydrogen) atoms. The molecule has 1 aromatic carbocycles. The van der Waals surface area contributed by atoms with Crippen molar-refractivity contribution in [3.63, 3.8) is 0 Å². The van der Waals surface area contributed by atoms with Crippen LogP contribution in [0.2, 0.25) is 0 Å². The van der Waals surface area contributed by atoms with Crippen LogP contribution in [0.15, 0.2) is 24.3 Å². The topological polar surface area (TPSA) is 30.5 Å². The summed E-state index contributed by atoms with van der Waals surface area (Å²) in [6.07, 6.45) is 1.45. The van der Waals surface area contributed by atoms with Crippen LogP contribution in [0.25, 0.3) is 0 Å². The number of para-hydroxylation sites is 1. The van der Waals surface area contributed by atoms with Gasteiger partial charge in [-0.15, -0.1) is 0 Å². The lowest BCUT2D eigenvalue weighted by molar-refractivity contribution is -0.0979. The number of benzene rings is 1. The second-order valence-corrected chi connectivity index (χ2v) is 5.53. The molecule has 1 saturated carbocycles. The smallest absolute Gasteiger partial charge is 0.123 e. The quantitative estimate of drug-likeness (QED) is 0.870. The largest absolute Gasteiger partial charge is 0.496 e. The van der Waals surface area contributed by atoms with Gasteiger partial charge in [-0.25, -0.2) is 0 Å². The molecule has 3 nitrogen and oxygen atoms in total. The summed E-state index contributed by atoms with van der Waals surface area (Å²) in [5.41, 5.74) is 1.41. The van der Waals surface area contributed by atoms with E-state index in [0.29, 0.717) is 12.1 Å². The van der Waals surface area contributed by atoms with Crippen molar-refractivity contribution in [1.29, 1.82) is 0 Å². The summed E-state index contributed by atoms with van der Waals surface area (Å²) in [5, 5.41) is 3.60. The summed E-state index contributed by atoms with van der Waals surface area (Å²) in [5.74, 6) is 0.949. The second kappa shape index (κ2) is 5.29. The fraction of sp³-hybridized carbons (Fsp3) is 0.600. The molecule has 1 aliphatic carbocycles. The molecule has 1 fully saturated rings. The minimum Gasteiger partial charge on any atom is -0.496 e. The van der Waals surface area contributed by atoms with E-state index >= 15 is 0 Å². The lowest BCUT2D eigenvalue weighted by Crippen LogP contribution is -2.60. The summed E-state index contributed by atoms with van der Waals surface area (Å²) in [6, 6.07) is 8.65. The van der Waals surface area contributed by atoms with Gasteiger partial charge < -0.3 is 14.8 Å². The molecule has 0 aromatic heterocycles. The predicted molar refractivity (Wildman–Crippen MR) is 72.8 cm³/mol. The average Bonchev–Trinajstić information content (AvgIpc) is 2.38. The number of hydrogen-bond acceptors (Lipinski definition) is 3.